The zero-order valence-electron chi connectivity index (χ0n) is 9.27. The highest BCUT2D eigenvalue weighted by Gasteiger charge is 2.14. The number of hydrogen-bond donors (Lipinski definition) is 1. The molecule has 0 saturated heterocycles. The molecule has 0 aromatic carbocycles. The van der Waals surface area contributed by atoms with E-state index in [1.54, 1.807) is 19.1 Å². The Morgan fingerprint density at radius 3 is 3.00 bits per heavy atom. The van der Waals surface area contributed by atoms with Gasteiger partial charge in [0.05, 0.1) is 12.7 Å². The molecule has 0 aliphatic heterocycles. The lowest BCUT2D eigenvalue weighted by molar-refractivity contribution is -0.115. The van der Waals surface area contributed by atoms with Gasteiger partial charge in [-0.05, 0) is 19.1 Å². The van der Waals surface area contributed by atoms with E-state index >= 15 is 0 Å². The maximum absolute atomic E-state index is 11.5. The molecule has 0 bridgehead atoms. The van der Waals surface area contributed by atoms with Crippen LogP contribution in [0.2, 0.25) is 0 Å². The van der Waals surface area contributed by atoms with Crippen LogP contribution < -0.4 is 5.32 Å². The smallest absolute Gasteiger partial charge is 0.341 e. The largest absolute Gasteiger partial charge is 0.462 e. The number of carbonyl (C=O) groups excluding carboxylic acids is 2. The van der Waals surface area contributed by atoms with E-state index in [0.717, 1.165) is 0 Å². The predicted molar refractivity (Wildman–Crippen MR) is 59.1 cm³/mol. The minimum absolute atomic E-state index is 0.103. The summed E-state index contributed by atoms with van der Waals surface area (Å²) in [5, 5.41) is 10.7. The molecule has 0 aliphatic rings. The molecule has 0 radical (unpaired) electrons. The molecular weight excluding hydrogens is 222 g/mol. The van der Waals surface area contributed by atoms with Crippen molar-refractivity contribution in [2.24, 2.45) is 0 Å². The van der Waals surface area contributed by atoms with Gasteiger partial charge in [0.1, 0.15) is 17.8 Å². The van der Waals surface area contributed by atoms with Crippen molar-refractivity contribution in [1.29, 1.82) is 5.26 Å². The average molecular weight is 233 g/mol. The lowest BCUT2D eigenvalue weighted by Crippen LogP contribution is -2.16. The van der Waals surface area contributed by atoms with Crippen LogP contribution in [-0.2, 0) is 9.53 Å². The lowest BCUT2D eigenvalue weighted by Gasteiger charge is -2.07. The maximum atomic E-state index is 11.5. The summed E-state index contributed by atoms with van der Waals surface area (Å²) < 4.78 is 4.81. The number of nitrogens with zero attached hydrogens (tertiary/aromatic N) is 2. The van der Waals surface area contributed by atoms with Crippen molar-refractivity contribution in [3.63, 3.8) is 0 Å². The normalized spacial score (nSPS) is 9.18. The van der Waals surface area contributed by atoms with E-state index in [1.807, 2.05) is 0 Å². The van der Waals surface area contributed by atoms with Crippen molar-refractivity contribution in [3.8, 4) is 6.07 Å². The quantitative estimate of drug-likeness (QED) is 0.786. The summed E-state index contributed by atoms with van der Waals surface area (Å²) in [5.74, 6) is -0.976. The Kier molecular flexibility index (Phi) is 4.63. The van der Waals surface area contributed by atoms with Crippen LogP contribution in [0, 0.1) is 11.3 Å². The van der Waals surface area contributed by atoms with Crippen LogP contribution in [0.3, 0.4) is 0 Å². The maximum Gasteiger partial charge on any atom is 0.341 e. The molecule has 1 aromatic heterocycles. The minimum Gasteiger partial charge on any atom is -0.462 e. The van der Waals surface area contributed by atoms with Crippen molar-refractivity contribution in [1.82, 2.24) is 4.98 Å². The fraction of sp³-hybridized carbons (Fsp3) is 0.273. The number of amides is 1. The molecule has 0 spiro atoms. The second-order valence-corrected chi connectivity index (χ2v) is 3.00. The molecule has 0 saturated carbocycles. The monoisotopic (exact) mass is 233 g/mol. The van der Waals surface area contributed by atoms with E-state index in [1.165, 1.54) is 12.3 Å². The minimum atomic E-state index is -0.562. The number of esters is 1. The molecule has 6 heteroatoms. The summed E-state index contributed by atoms with van der Waals surface area (Å²) in [6.07, 6.45) is 1.14. The number of nitrogens with one attached hydrogen (secondary N) is 1. The molecule has 1 heterocycles. The van der Waals surface area contributed by atoms with E-state index in [4.69, 9.17) is 10.00 Å². The third-order valence-electron chi connectivity index (χ3n) is 1.80. The van der Waals surface area contributed by atoms with Gasteiger partial charge in [0.15, 0.2) is 0 Å². The van der Waals surface area contributed by atoms with Crippen molar-refractivity contribution >= 4 is 17.7 Å². The fourth-order valence-electron chi connectivity index (χ4n) is 1.13. The van der Waals surface area contributed by atoms with E-state index in [2.05, 4.69) is 10.3 Å². The van der Waals surface area contributed by atoms with Gasteiger partial charge in [-0.3, -0.25) is 4.79 Å². The Bertz CT molecular complexity index is 465. The molecule has 1 amide bonds. The van der Waals surface area contributed by atoms with Gasteiger partial charge in [0.2, 0.25) is 5.91 Å². The van der Waals surface area contributed by atoms with Crippen LogP contribution in [-0.4, -0.2) is 23.5 Å². The van der Waals surface area contributed by atoms with Crippen LogP contribution in [0.5, 0.6) is 0 Å². The number of nitriles is 1. The third kappa shape index (κ3) is 3.57. The Morgan fingerprint density at radius 1 is 1.59 bits per heavy atom. The van der Waals surface area contributed by atoms with Gasteiger partial charge in [-0.15, -0.1) is 0 Å². The van der Waals surface area contributed by atoms with Crippen molar-refractivity contribution < 1.29 is 14.3 Å². The molecule has 1 N–H and O–H groups in total. The average Bonchev–Trinajstić information content (AvgIpc) is 2.30. The molecule has 1 aromatic rings. The topological polar surface area (TPSA) is 92.1 Å². The number of aromatic nitrogens is 1. The number of ether oxygens (including phenoxy) is 1. The molecule has 6 nitrogen and oxygen atoms in total. The Labute approximate surface area is 98.2 Å². The van der Waals surface area contributed by atoms with E-state index in [9.17, 15) is 9.59 Å². The van der Waals surface area contributed by atoms with Gasteiger partial charge in [0.25, 0.3) is 0 Å². The third-order valence-corrected chi connectivity index (χ3v) is 1.80. The van der Waals surface area contributed by atoms with Crippen LogP contribution in [0.4, 0.5) is 5.82 Å². The summed E-state index contributed by atoms with van der Waals surface area (Å²) >= 11 is 0. The number of pyridine rings is 1. The molecule has 0 unspecified atom stereocenters. The van der Waals surface area contributed by atoms with Gasteiger partial charge >= 0.3 is 5.97 Å². The van der Waals surface area contributed by atoms with E-state index in [0.29, 0.717) is 0 Å². The number of hydrogen-bond acceptors (Lipinski definition) is 5. The molecule has 0 fully saturated rings. The Hall–Kier alpha value is -2.42. The van der Waals surface area contributed by atoms with Crippen molar-refractivity contribution in [2.45, 2.75) is 13.3 Å². The summed E-state index contributed by atoms with van der Waals surface area (Å²) in [7, 11) is 0. The fourth-order valence-corrected chi connectivity index (χ4v) is 1.13. The number of rotatable bonds is 4. The van der Waals surface area contributed by atoms with Gasteiger partial charge < -0.3 is 10.1 Å². The van der Waals surface area contributed by atoms with E-state index in [-0.39, 0.29) is 24.4 Å². The second kappa shape index (κ2) is 6.23. The molecule has 0 atom stereocenters. The van der Waals surface area contributed by atoms with Crippen LogP contribution in [0.1, 0.15) is 23.7 Å². The van der Waals surface area contributed by atoms with Gasteiger partial charge in [-0.25, -0.2) is 9.78 Å². The summed E-state index contributed by atoms with van der Waals surface area (Å²) in [4.78, 5) is 26.6. The number of anilines is 1. The first-order chi connectivity index (χ1) is 8.19. The van der Waals surface area contributed by atoms with Crippen LogP contribution in [0.15, 0.2) is 18.3 Å². The Morgan fingerprint density at radius 2 is 2.35 bits per heavy atom. The highest BCUT2D eigenvalue weighted by molar-refractivity contribution is 6.00. The first kappa shape index (κ1) is 12.6. The van der Waals surface area contributed by atoms with Crippen molar-refractivity contribution in [2.75, 3.05) is 11.9 Å². The SMILES string of the molecule is CCOC(=O)c1cccnc1NC(=O)CC#N. The zero-order chi connectivity index (χ0) is 12.7. The second-order valence-electron chi connectivity index (χ2n) is 3.00. The highest BCUT2D eigenvalue weighted by Crippen LogP contribution is 2.13. The molecule has 17 heavy (non-hydrogen) atoms. The zero-order valence-corrected chi connectivity index (χ0v) is 9.27. The van der Waals surface area contributed by atoms with Crippen LogP contribution >= 0.6 is 0 Å². The van der Waals surface area contributed by atoms with Gasteiger partial charge in [-0.1, -0.05) is 0 Å². The molecule has 1 rings (SSSR count). The standard InChI is InChI=1S/C11H11N3O3/c1-2-17-11(16)8-4-3-7-13-10(8)14-9(15)5-6-12/h3-4,7H,2,5H2,1H3,(H,13,14,15). The summed E-state index contributed by atoms with van der Waals surface area (Å²) in [6, 6.07) is 4.76. The summed E-state index contributed by atoms with van der Waals surface area (Å²) in [5.41, 5.74) is 0.167. The van der Waals surface area contributed by atoms with Crippen LogP contribution in [0.25, 0.3) is 0 Å². The first-order valence-electron chi connectivity index (χ1n) is 4.98. The lowest BCUT2D eigenvalue weighted by atomic mass is 10.2. The summed E-state index contributed by atoms with van der Waals surface area (Å²) in [6.45, 7) is 1.92. The molecular formula is C11H11N3O3. The Balaban J connectivity index is 2.89. The highest BCUT2D eigenvalue weighted by atomic mass is 16.5. The molecule has 0 aliphatic carbocycles. The van der Waals surface area contributed by atoms with Gasteiger partial charge in [-0.2, -0.15) is 5.26 Å². The van der Waals surface area contributed by atoms with E-state index < -0.39 is 11.9 Å². The molecule has 88 valence electrons. The van der Waals surface area contributed by atoms with Gasteiger partial charge in [0, 0.05) is 6.20 Å². The predicted octanol–water partition coefficient (Wildman–Crippen LogP) is 1.11. The van der Waals surface area contributed by atoms with Crippen molar-refractivity contribution in [3.05, 3.63) is 23.9 Å². The number of carbonyl (C=O) groups is 2. The first-order valence-corrected chi connectivity index (χ1v) is 4.98.